The molecule has 3 N–H and O–H groups in total. The lowest BCUT2D eigenvalue weighted by Gasteiger charge is -2.29. The van der Waals surface area contributed by atoms with Crippen LogP contribution in [0.3, 0.4) is 0 Å². The SMILES string of the molecule is CCCN(CCC)c1cc(F)c(C(=O)NC2CCC[C@@H](C(=O)OC)C2)cc1NC(=O)c1cnc(C2CC2)[nH]1. The average Bonchev–Trinajstić information content (AvgIpc) is 3.64. The van der Waals surface area contributed by atoms with E-state index >= 15 is 4.39 Å². The Bertz CT molecular complexity index is 1160. The topological polar surface area (TPSA) is 116 Å². The first-order valence-electron chi connectivity index (χ1n) is 13.7. The minimum Gasteiger partial charge on any atom is -0.469 e. The summed E-state index contributed by atoms with van der Waals surface area (Å²) in [5, 5.41) is 5.78. The van der Waals surface area contributed by atoms with Gasteiger partial charge in [-0.15, -0.1) is 0 Å². The third-order valence-electron chi connectivity index (χ3n) is 7.25. The predicted octanol–water partition coefficient (Wildman–Crippen LogP) is 4.77. The number of benzene rings is 1. The van der Waals surface area contributed by atoms with E-state index in [9.17, 15) is 14.4 Å². The van der Waals surface area contributed by atoms with Gasteiger partial charge in [0.25, 0.3) is 11.8 Å². The highest BCUT2D eigenvalue weighted by atomic mass is 19.1. The molecule has 0 saturated heterocycles. The maximum Gasteiger partial charge on any atom is 0.308 e. The van der Waals surface area contributed by atoms with Crippen LogP contribution in [0.4, 0.5) is 15.8 Å². The second kappa shape index (κ2) is 12.4. The van der Waals surface area contributed by atoms with Crippen LogP contribution in [0, 0.1) is 11.7 Å². The number of nitrogens with zero attached hydrogens (tertiary/aromatic N) is 2. The van der Waals surface area contributed by atoms with Gasteiger partial charge < -0.3 is 25.3 Å². The second-order valence-corrected chi connectivity index (χ2v) is 10.3. The van der Waals surface area contributed by atoms with Crippen LogP contribution in [0.15, 0.2) is 18.3 Å². The van der Waals surface area contributed by atoms with Gasteiger partial charge in [0, 0.05) is 31.1 Å². The smallest absolute Gasteiger partial charge is 0.308 e. The number of amides is 2. The van der Waals surface area contributed by atoms with Crippen molar-refractivity contribution in [2.45, 2.75) is 77.2 Å². The Balaban J connectivity index is 1.59. The normalized spacial score (nSPS) is 19.1. The first-order chi connectivity index (χ1) is 18.3. The number of carbonyl (C=O) groups is 3. The highest BCUT2D eigenvalue weighted by Gasteiger charge is 2.30. The fourth-order valence-electron chi connectivity index (χ4n) is 5.16. The lowest BCUT2D eigenvalue weighted by molar-refractivity contribution is -0.146. The number of hydrogen-bond acceptors (Lipinski definition) is 6. The minimum atomic E-state index is -0.661. The molecule has 9 nitrogen and oxygen atoms in total. The molecule has 2 amide bonds. The van der Waals surface area contributed by atoms with Crippen molar-refractivity contribution in [2.75, 3.05) is 30.4 Å². The number of hydrogen-bond donors (Lipinski definition) is 3. The van der Waals surface area contributed by atoms with E-state index < -0.39 is 17.6 Å². The zero-order valence-electron chi connectivity index (χ0n) is 22.4. The molecule has 1 aromatic heterocycles. The van der Waals surface area contributed by atoms with Gasteiger partial charge in [0.05, 0.1) is 36.2 Å². The van der Waals surface area contributed by atoms with Crippen LogP contribution in [0.5, 0.6) is 0 Å². The van der Waals surface area contributed by atoms with Crippen molar-refractivity contribution in [3.05, 3.63) is 41.2 Å². The van der Waals surface area contributed by atoms with E-state index in [1.54, 1.807) is 0 Å². The van der Waals surface area contributed by atoms with Gasteiger partial charge >= 0.3 is 5.97 Å². The van der Waals surface area contributed by atoms with E-state index in [1.807, 2.05) is 18.7 Å². The molecule has 10 heteroatoms. The summed E-state index contributed by atoms with van der Waals surface area (Å²) in [6, 6.07) is 2.48. The largest absolute Gasteiger partial charge is 0.469 e. The summed E-state index contributed by atoms with van der Waals surface area (Å²) in [6.45, 7) is 5.42. The maximum atomic E-state index is 15.4. The number of anilines is 2. The van der Waals surface area contributed by atoms with Gasteiger partial charge in [-0.25, -0.2) is 9.37 Å². The van der Waals surface area contributed by atoms with Crippen LogP contribution in [0.1, 0.15) is 97.8 Å². The molecule has 2 aliphatic carbocycles. The van der Waals surface area contributed by atoms with Crippen molar-refractivity contribution in [3.8, 4) is 0 Å². The van der Waals surface area contributed by atoms with Gasteiger partial charge in [-0.3, -0.25) is 14.4 Å². The van der Waals surface area contributed by atoms with E-state index in [4.69, 9.17) is 4.74 Å². The fraction of sp³-hybridized carbons (Fsp3) is 0.571. The fourth-order valence-corrected chi connectivity index (χ4v) is 5.16. The minimum absolute atomic E-state index is 0.152. The van der Waals surface area contributed by atoms with Gasteiger partial charge in [0.2, 0.25) is 0 Å². The first-order valence-corrected chi connectivity index (χ1v) is 13.7. The van der Waals surface area contributed by atoms with Crippen LogP contribution in [-0.4, -0.2) is 54.0 Å². The molecule has 2 saturated carbocycles. The molecule has 0 radical (unpaired) electrons. The first kappa shape index (κ1) is 27.6. The van der Waals surface area contributed by atoms with Crippen molar-refractivity contribution >= 4 is 29.2 Å². The maximum absolute atomic E-state index is 15.4. The number of methoxy groups -OCH3 is 1. The zero-order valence-corrected chi connectivity index (χ0v) is 22.4. The van der Waals surface area contributed by atoms with Gasteiger partial charge in [-0.05, 0) is 51.0 Å². The quantitative estimate of drug-likeness (QED) is 0.363. The zero-order chi connectivity index (χ0) is 27.2. The van der Waals surface area contributed by atoms with Crippen molar-refractivity contribution < 1.29 is 23.5 Å². The summed E-state index contributed by atoms with van der Waals surface area (Å²) in [4.78, 5) is 47.7. The van der Waals surface area contributed by atoms with Crippen LogP contribution in [0.2, 0.25) is 0 Å². The van der Waals surface area contributed by atoms with E-state index in [-0.39, 0.29) is 23.5 Å². The van der Waals surface area contributed by atoms with Crippen LogP contribution < -0.4 is 15.5 Å². The van der Waals surface area contributed by atoms with E-state index in [1.165, 1.54) is 25.4 Å². The number of esters is 1. The summed E-state index contributed by atoms with van der Waals surface area (Å²) in [6.07, 6.45) is 7.92. The molecule has 1 unspecified atom stereocenters. The highest BCUT2D eigenvalue weighted by Crippen LogP contribution is 2.38. The molecule has 2 fully saturated rings. The number of halogens is 1. The Labute approximate surface area is 222 Å². The van der Waals surface area contributed by atoms with Crippen LogP contribution in [-0.2, 0) is 9.53 Å². The van der Waals surface area contributed by atoms with Gasteiger partial charge in [0.15, 0.2) is 0 Å². The number of ether oxygens (including phenoxy) is 1. The monoisotopic (exact) mass is 527 g/mol. The van der Waals surface area contributed by atoms with Crippen molar-refractivity contribution in [1.29, 1.82) is 0 Å². The number of imidazole rings is 1. The Morgan fingerprint density at radius 1 is 1.11 bits per heavy atom. The molecule has 0 spiro atoms. The van der Waals surface area contributed by atoms with Crippen molar-refractivity contribution in [2.24, 2.45) is 5.92 Å². The van der Waals surface area contributed by atoms with Gasteiger partial charge in [-0.1, -0.05) is 20.3 Å². The molecule has 4 rings (SSSR count). The Morgan fingerprint density at radius 3 is 2.50 bits per heavy atom. The van der Waals surface area contributed by atoms with E-state index in [2.05, 4.69) is 20.6 Å². The Hall–Kier alpha value is -3.43. The lowest BCUT2D eigenvalue weighted by Crippen LogP contribution is -2.40. The molecule has 1 heterocycles. The number of carbonyl (C=O) groups excluding carboxylic acids is 3. The summed E-state index contributed by atoms with van der Waals surface area (Å²) < 4.78 is 20.3. The molecular formula is C28H38FN5O4. The number of aromatic amines is 1. The Kier molecular flexibility index (Phi) is 9.01. The summed E-state index contributed by atoms with van der Waals surface area (Å²) in [5.41, 5.74) is 1.06. The molecule has 2 atom stereocenters. The number of aromatic nitrogens is 2. The molecule has 206 valence electrons. The third-order valence-corrected chi connectivity index (χ3v) is 7.25. The lowest BCUT2D eigenvalue weighted by atomic mass is 9.85. The number of rotatable bonds is 11. The molecule has 1 aromatic carbocycles. The second-order valence-electron chi connectivity index (χ2n) is 10.3. The average molecular weight is 528 g/mol. The number of H-pyrrole nitrogens is 1. The Morgan fingerprint density at radius 2 is 1.84 bits per heavy atom. The van der Waals surface area contributed by atoms with E-state index in [0.29, 0.717) is 55.3 Å². The molecule has 0 bridgehead atoms. The van der Waals surface area contributed by atoms with Gasteiger partial charge in [0.1, 0.15) is 17.3 Å². The van der Waals surface area contributed by atoms with Gasteiger partial charge in [-0.2, -0.15) is 0 Å². The van der Waals surface area contributed by atoms with Crippen LogP contribution in [0.25, 0.3) is 0 Å². The van der Waals surface area contributed by atoms with Crippen molar-refractivity contribution in [3.63, 3.8) is 0 Å². The van der Waals surface area contributed by atoms with Crippen molar-refractivity contribution in [1.82, 2.24) is 15.3 Å². The summed E-state index contributed by atoms with van der Waals surface area (Å²) in [7, 11) is 1.35. The molecular weight excluding hydrogens is 489 g/mol. The van der Waals surface area contributed by atoms with E-state index in [0.717, 1.165) is 37.9 Å². The molecule has 2 aliphatic rings. The highest BCUT2D eigenvalue weighted by molar-refractivity contribution is 6.06. The third kappa shape index (κ3) is 6.52. The summed E-state index contributed by atoms with van der Waals surface area (Å²) >= 11 is 0. The van der Waals surface area contributed by atoms with Crippen LogP contribution >= 0.6 is 0 Å². The molecule has 0 aliphatic heterocycles. The molecule has 2 aromatic rings. The molecule has 38 heavy (non-hydrogen) atoms. The summed E-state index contributed by atoms with van der Waals surface area (Å²) in [5.74, 6) is -1.04. The standard InChI is InChI=1S/C28H38FN5O4/c1-4-11-34(12-5-2)24-15-21(29)20(26(35)31-19-8-6-7-18(13-19)28(37)38-3)14-22(24)33-27(36)23-16-30-25(32-23)17-9-10-17/h14-19H,4-13H2,1-3H3,(H,30,32)(H,31,35)(H,33,36)/t18-,19?/m1/s1. The number of nitrogens with one attached hydrogen (secondary N) is 3. The predicted molar refractivity (Wildman–Crippen MR) is 143 cm³/mol.